The van der Waals surface area contributed by atoms with Gasteiger partial charge in [0.05, 0.1) is 4.92 Å². The van der Waals surface area contributed by atoms with E-state index in [1.54, 1.807) is 12.1 Å². The molecule has 0 fully saturated rings. The van der Waals surface area contributed by atoms with Crippen molar-refractivity contribution in [3.8, 4) is 0 Å². The zero-order valence-electron chi connectivity index (χ0n) is 11.5. The van der Waals surface area contributed by atoms with Gasteiger partial charge in [0, 0.05) is 23.9 Å². The molecular weight excluding hydrogens is 252 g/mol. The summed E-state index contributed by atoms with van der Waals surface area (Å²) in [5, 5.41) is 14.0. The Kier molecular flexibility index (Phi) is 4.71. The number of nitrogens with zero attached hydrogens (tertiary/aromatic N) is 1. The van der Waals surface area contributed by atoms with Crippen molar-refractivity contribution in [2.75, 3.05) is 5.32 Å². The summed E-state index contributed by atoms with van der Waals surface area (Å²) < 4.78 is 0. The fraction of sp³-hybridized carbons (Fsp3) is 0.250. The highest BCUT2D eigenvalue weighted by Gasteiger charge is 2.09. The number of nitrogens with one attached hydrogen (secondary N) is 1. The summed E-state index contributed by atoms with van der Waals surface area (Å²) in [6, 6.07) is 17.2. The lowest BCUT2D eigenvalue weighted by molar-refractivity contribution is -0.384. The largest absolute Gasteiger partial charge is 0.382 e. The van der Waals surface area contributed by atoms with Crippen molar-refractivity contribution in [3.63, 3.8) is 0 Å². The average Bonchev–Trinajstić information content (AvgIpc) is 2.48. The first-order valence-corrected chi connectivity index (χ1v) is 6.74. The van der Waals surface area contributed by atoms with E-state index in [-0.39, 0.29) is 10.6 Å². The first kappa shape index (κ1) is 14.1. The van der Waals surface area contributed by atoms with Gasteiger partial charge in [0.2, 0.25) is 0 Å². The first-order chi connectivity index (χ1) is 9.69. The van der Waals surface area contributed by atoms with Gasteiger partial charge in [-0.15, -0.1) is 0 Å². The summed E-state index contributed by atoms with van der Waals surface area (Å²) in [7, 11) is 0. The number of nitro groups is 1. The molecule has 0 saturated heterocycles. The molecule has 0 spiro atoms. The highest BCUT2D eigenvalue weighted by Crippen LogP contribution is 2.18. The standard InChI is InChI=1S/C16H18N2O2/c1-2-14(12-13-6-4-3-5-7-13)17-15-8-10-16(11-9-15)18(19)20/h3-11,14,17H,2,12H2,1H3. The molecule has 1 unspecified atom stereocenters. The van der Waals surface area contributed by atoms with Crippen molar-refractivity contribution in [1.29, 1.82) is 0 Å². The van der Waals surface area contributed by atoms with E-state index < -0.39 is 0 Å². The maximum absolute atomic E-state index is 10.6. The summed E-state index contributed by atoms with van der Waals surface area (Å²) >= 11 is 0. The van der Waals surface area contributed by atoms with Crippen molar-refractivity contribution in [1.82, 2.24) is 0 Å². The Labute approximate surface area is 118 Å². The zero-order chi connectivity index (χ0) is 14.4. The van der Waals surface area contributed by atoms with Crippen LogP contribution in [-0.4, -0.2) is 11.0 Å². The Balaban J connectivity index is 2.01. The molecule has 104 valence electrons. The van der Waals surface area contributed by atoms with Gasteiger partial charge >= 0.3 is 0 Å². The minimum absolute atomic E-state index is 0.117. The molecule has 0 aromatic heterocycles. The number of anilines is 1. The minimum atomic E-state index is -0.384. The van der Waals surface area contributed by atoms with Crippen molar-refractivity contribution in [3.05, 3.63) is 70.3 Å². The van der Waals surface area contributed by atoms with Gasteiger partial charge in [0.1, 0.15) is 0 Å². The molecule has 0 heterocycles. The Morgan fingerprint density at radius 2 is 1.75 bits per heavy atom. The fourth-order valence-corrected chi connectivity index (χ4v) is 2.11. The second kappa shape index (κ2) is 6.70. The van der Waals surface area contributed by atoms with Crippen molar-refractivity contribution in [2.45, 2.75) is 25.8 Å². The third-order valence-corrected chi connectivity index (χ3v) is 3.27. The van der Waals surface area contributed by atoms with Crippen LogP contribution in [0.2, 0.25) is 0 Å². The maximum atomic E-state index is 10.6. The first-order valence-electron chi connectivity index (χ1n) is 6.74. The molecule has 1 atom stereocenters. The number of rotatable bonds is 6. The van der Waals surface area contributed by atoms with Crippen LogP contribution in [-0.2, 0) is 6.42 Å². The summed E-state index contributed by atoms with van der Waals surface area (Å²) in [6.45, 7) is 2.13. The molecule has 20 heavy (non-hydrogen) atoms. The van der Waals surface area contributed by atoms with Crippen LogP contribution in [0, 0.1) is 10.1 Å². The number of hydrogen-bond donors (Lipinski definition) is 1. The molecule has 4 nitrogen and oxygen atoms in total. The van der Waals surface area contributed by atoms with E-state index in [9.17, 15) is 10.1 Å². The third kappa shape index (κ3) is 3.82. The van der Waals surface area contributed by atoms with E-state index in [2.05, 4.69) is 24.4 Å². The summed E-state index contributed by atoms with van der Waals surface area (Å²) in [6.07, 6.45) is 1.93. The lowest BCUT2D eigenvalue weighted by atomic mass is 10.0. The van der Waals surface area contributed by atoms with E-state index in [1.807, 2.05) is 18.2 Å². The van der Waals surface area contributed by atoms with E-state index in [0.717, 1.165) is 18.5 Å². The third-order valence-electron chi connectivity index (χ3n) is 3.27. The highest BCUT2D eigenvalue weighted by molar-refractivity contribution is 5.49. The zero-order valence-corrected chi connectivity index (χ0v) is 11.5. The Hall–Kier alpha value is -2.36. The smallest absolute Gasteiger partial charge is 0.269 e. The Morgan fingerprint density at radius 1 is 1.10 bits per heavy atom. The molecule has 2 rings (SSSR count). The van der Waals surface area contributed by atoms with Crippen LogP contribution in [0.1, 0.15) is 18.9 Å². The molecule has 0 aliphatic heterocycles. The molecule has 0 radical (unpaired) electrons. The number of hydrogen-bond acceptors (Lipinski definition) is 3. The molecule has 4 heteroatoms. The van der Waals surface area contributed by atoms with Gasteiger partial charge in [-0.3, -0.25) is 10.1 Å². The normalized spacial score (nSPS) is 11.8. The SMILES string of the molecule is CCC(Cc1ccccc1)Nc1ccc([N+](=O)[O-])cc1. The van der Waals surface area contributed by atoms with Crippen LogP contribution in [0.25, 0.3) is 0 Å². The predicted octanol–water partition coefficient (Wildman–Crippen LogP) is 4.03. The lowest BCUT2D eigenvalue weighted by Gasteiger charge is -2.18. The topological polar surface area (TPSA) is 55.2 Å². The van der Waals surface area contributed by atoms with E-state index in [1.165, 1.54) is 17.7 Å². The second-order valence-electron chi connectivity index (χ2n) is 4.74. The lowest BCUT2D eigenvalue weighted by Crippen LogP contribution is -2.21. The highest BCUT2D eigenvalue weighted by atomic mass is 16.6. The Morgan fingerprint density at radius 3 is 2.30 bits per heavy atom. The van der Waals surface area contributed by atoms with Crippen LogP contribution in [0.4, 0.5) is 11.4 Å². The van der Waals surface area contributed by atoms with Crippen LogP contribution < -0.4 is 5.32 Å². The second-order valence-corrected chi connectivity index (χ2v) is 4.74. The van der Waals surface area contributed by atoms with E-state index in [0.29, 0.717) is 6.04 Å². The van der Waals surface area contributed by atoms with Gasteiger partial charge in [-0.2, -0.15) is 0 Å². The van der Waals surface area contributed by atoms with Gasteiger partial charge in [0.15, 0.2) is 0 Å². The fourth-order valence-electron chi connectivity index (χ4n) is 2.11. The van der Waals surface area contributed by atoms with Crippen LogP contribution >= 0.6 is 0 Å². The van der Waals surface area contributed by atoms with Gasteiger partial charge in [0.25, 0.3) is 5.69 Å². The Bertz CT molecular complexity index is 552. The summed E-state index contributed by atoms with van der Waals surface area (Å²) in [4.78, 5) is 10.2. The average molecular weight is 270 g/mol. The monoisotopic (exact) mass is 270 g/mol. The number of benzene rings is 2. The number of non-ortho nitro benzene ring substituents is 1. The molecule has 0 aliphatic carbocycles. The number of nitro benzene ring substituents is 1. The van der Waals surface area contributed by atoms with Gasteiger partial charge < -0.3 is 5.32 Å². The summed E-state index contributed by atoms with van der Waals surface area (Å²) in [5.74, 6) is 0. The molecule has 0 aliphatic rings. The molecular formula is C16H18N2O2. The molecule has 2 aromatic rings. The van der Waals surface area contributed by atoms with E-state index in [4.69, 9.17) is 0 Å². The molecule has 0 saturated carbocycles. The predicted molar refractivity (Wildman–Crippen MR) is 80.9 cm³/mol. The quantitative estimate of drug-likeness (QED) is 0.637. The molecule has 1 N–H and O–H groups in total. The van der Waals surface area contributed by atoms with Crippen LogP contribution in [0.15, 0.2) is 54.6 Å². The van der Waals surface area contributed by atoms with Gasteiger partial charge in [-0.25, -0.2) is 0 Å². The maximum Gasteiger partial charge on any atom is 0.269 e. The van der Waals surface area contributed by atoms with Crippen molar-refractivity contribution >= 4 is 11.4 Å². The summed E-state index contributed by atoms with van der Waals surface area (Å²) in [5.41, 5.74) is 2.32. The molecule has 0 amide bonds. The van der Waals surface area contributed by atoms with Crippen LogP contribution in [0.3, 0.4) is 0 Å². The molecule has 2 aromatic carbocycles. The van der Waals surface area contributed by atoms with Gasteiger partial charge in [-0.1, -0.05) is 37.3 Å². The molecule has 0 bridgehead atoms. The minimum Gasteiger partial charge on any atom is -0.382 e. The van der Waals surface area contributed by atoms with E-state index >= 15 is 0 Å². The van der Waals surface area contributed by atoms with Crippen molar-refractivity contribution in [2.24, 2.45) is 0 Å². The van der Waals surface area contributed by atoms with Gasteiger partial charge in [-0.05, 0) is 30.5 Å². The van der Waals surface area contributed by atoms with Crippen LogP contribution in [0.5, 0.6) is 0 Å². The van der Waals surface area contributed by atoms with Crippen molar-refractivity contribution < 1.29 is 4.92 Å².